The Kier molecular flexibility index (Phi) is 5.93. The first-order valence-corrected chi connectivity index (χ1v) is 13.3. The minimum absolute atomic E-state index is 0.156. The summed E-state index contributed by atoms with van der Waals surface area (Å²) in [6.45, 7) is 3.71. The Hall–Kier alpha value is -4.15. The van der Waals surface area contributed by atoms with E-state index in [4.69, 9.17) is 5.10 Å². The van der Waals surface area contributed by atoms with Crippen molar-refractivity contribution in [2.75, 3.05) is 0 Å². The van der Waals surface area contributed by atoms with E-state index >= 15 is 0 Å². The van der Waals surface area contributed by atoms with E-state index in [0.717, 1.165) is 47.4 Å². The van der Waals surface area contributed by atoms with Crippen LogP contribution >= 0.6 is 11.8 Å². The van der Waals surface area contributed by atoms with E-state index in [0.29, 0.717) is 16.0 Å². The summed E-state index contributed by atoms with van der Waals surface area (Å²) in [5, 5.41) is 28.4. The molecule has 2 aliphatic heterocycles. The number of hydrogen-bond acceptors (Lipinski definition) is 6. The molecule has 6 rings (SSSR count). The Bertz CT molecular complexity index is 1660. The van der Waals surface area contributed by atoms with Gasteiger partial charge in [0.05, 0.1) is 35.1 Å². The molecule has 2 fully saturated rings. The van der Waals surface area contributed by atoms with E-state index in [2.05, 4.69) is 33.7 Å². The van der Waals surface area contributed by atoms with Gasteiger partial charge in [-0.15, -0.1) is 0 Å². The summed E-state index contributed by atoms with van der Waals surface area (Å²) in [7, 11) is 0. The van der Waals surface area contributed by atoms with Crippen molar-refractivity contribution in [3.8, 4) is 23.3 Å². The van der Waals surface area contributed by atoms with E-state index in [1.807, 2.05) is 18.5 Å². The number of piperidine rings is 1. The molecule has 10 heteroatoms. The lowest BCUT2D eigenvalue weighted by atomic mass is 9.97. The van der Waals surface area contributed by atoms with Gasteiger partial charge in [0.25, 0.3) is 0 Å². The average Bonchev–Trinajstić information content (AvgIpc) is 3.58. The maximum Gasteiger partial charge on any atom is 0.219 e. The van der Waals surface area contributed by atoms with Gasteiger partial charge in [-0.2, -0.15) is 20.7 Å². The van der Waals surface area contributed by atoms with Crippen molar-refractivity contribution < 1.29 is 9.18 Å². The number of halogens is 1. The van der Waals surface area contributed by atoms with Crippen molar-refractivity contribution in [3.05, 3.63) is 65.5 Å². The van der Waals surface area contributed by atoms with Crippen LogP contribution in [-0.2, 0) is 4.79 Å². The Balaban J connectivity index is 1.39. The Morgan fingerprint density at radius 3 is 2.45 bits per heavy atom. The Morgan fingerprint density at radius 1 is 1.03 bits per heavy atom. The number of amides is 1. The molecule has 2 bridgehead atoms. The summed E-state index contributed by atoms with van der Waals surface area (Å²) in [5.41, 5.74) is 4.12. The van der Waals surface area contributed by atoms with Crippen LogP contribution in [-0.4, -0.2) is 42.3 Å². The normalized spacial score (nSPS) is 20.4. The van der Waals surface area contributed by atoms with Gasteiger partial charge in [-0.05, 0) is 56.9 Å². The number of pyridine rings is 1. The maximum absolute atomic E-state index is 13.7. The molecular formula is C28H24FN7OS. The average molecular weight is 526 g/mol. The van der Waals surface area contributed by atoms with Crippen LogP contribution in [0.3, 0.4) is 0 Å². The largest absolute Gasteiger partial charge is 0.337 e. The number of hydrogen-bond donors (Lipinski definition) is 0. The lowest BCUT2D eigenvalue weighted by Crippen LogP contribution is -2.46. The fourth-order valence-corrected chi connectivity index (χ4v) is 7.20. The summed E-state index contributed by atoms with van der Waals surface area (Å²) in [5.74, 6) is -0.318. The van der Waals surface area contributed by atoms with Crippen LogP contribution < -0.4 is 0 Å². The second-order valence-electron chi connectivity index (χ2n) is 9.94. The molecule has 0 saturated carbocycles. The van der Waals surface area contributed by atoms with Gasteiger partial charge < -0.3 is 4.90 Å². The fourth-order valence-electron chi connectivity index (χ4n) is 6.13. The van der Waals surface area contributed by atoms with Crippen LogP contribution in [0.25, 0.3) is 16.6 Å². The molecule has 1 amide bonds. The molecule has 1 aromatic carbocycles. The predicted molar refractivity (Wildman–Crippen MR) is 139 cm³/mol. The minimum atomic E-state index is -0.475. The first kappa shape index (κ1) is 24.2. The number of benzene rings is 1. The van der Waals surface area contributed by atoms with Crippen LogP contribution in [0.1, 0.15) is 55.5 Å². The van der Waals surface area contributed by atoms with Crippen LogP contribution in [0.4, 0.5) is 4.39 Å². The summed E-state index contributed by atoms with van der Waals surface area (Å²) in [6, 6.07) is 11.1. The van der Waals surface area contributed by atoms with Crippen molar-refractivity contribution in [3.63, 3.8) is 0 Å². The zero-order chi connectivity index (χ0) is 26.6. The zero-order valence-electron chi connectivity index (χ0n) is 20.9. The van der Waals surface area contributed by atoms with Gasteiger partial charge in [-0.25, -0.2) is 8.91 Å². The smallest absolute Gasteiger partial charge is 0.219 e. The number of rotatable bonds is 4. The molecule has 0 radical (unpaired) electrons. The third-order valence-corrected chi connectivity index (χ3v) is 8.86. The summed E-state index contributed by atoms with van der Waals surface area (Å²) in [4.78, 5) is 15.5. The van der Waals surface area contributed by atoms with E-state index in [9.17, 15) is 19.7 Å². The number of carbonyl (C=O) groups excluding carboxylic acids is 1. The van der Waals surface area contributed by atoms with Gasteiger partial charge in [-0.1, -0.05) is 11.8 Å². The molecule has 2 atom stereocenters. The lowest BCUT2D eigenvalue weighted by Gasteiger charge is -2.38. The lowest BCUT2D eigenvalue weighted by molar-refractivity contribution is -0.133. The van der Waals surface area contributed by atoms with Gasteiger partial charge in [0, 0.05) is 51.8 Å². The SMILES string of the molecule is CC(=O)N1C2CCC1CC(n1ncc(-c3cc(Sc4ccc(F)cc4C#N)c4c(C#N)cnn4c3)c1C)C2. The summed E-state index contributed by atoms with van der Waals surface area (Å²) in [6.07, 6.45) is 9.13. The van der Waals surface area contributed by atoms with Crippen LogP contribution in [0.15, 0.2) is 52.6 Å². The van der Waals surface area contributed by atoms with Gasteiger partial charge in [0.2, 0.25) is 5.91 Å². The number of fused-ring (bicyclic) bond motifs is 3. The fraction of sp³-hybridized carbons (Fsp3) is 0.321. The Labute approximate surface area is 223 Å². The third-order valence-electron chi connectivity index (χ3n) is 7.75. The van der Waals surface area contributed by atoms with E-state index in [-0.39, 0.29) is 29.6 Å². The van der Waals surface area contributed by atoms with Crippen LogP contribution in [0.2, 0.25) is 0 Å². The van der Waals surface area contributed by atoms with E-state index in [1.165, 1.54) is 30.1 Å². The molecule has 2 saturated heterocycles. The highest BCUT2D eigenvalue weighted by atomic mass is 32.2. The first-order chi connectivity index (χ1) is 18.4. The van der Waals surface area contributed by atoms with Crippen LogP contribution in [0.5, 0.6) is 0 Å². The van der Waals surface area contributed by atoms with Crippen molar-refractivity contribution in [1.82, 2.24) is 24.3 Å². The monoisotopic (exact) mass is 525 g/mol. The second-order valence-corrected chi connectivity index (χ2v) is 11.0. The van der Waals surface area contributed by atoms with Crippen LogP contribution in [0, 0.1) is 35.4 Å². The maximum atomic E-state index is 13.7. The molecule has 3 aromatic heterocycles. The quantitative estimate of drug-likeness (QED) is 0.360. The van der Waals surface area contributed by atoms with Gasteiger partial charge in [0.1, 0.15) is 18.0 Å². The highest BCUT2D eigenvalue weighted by Crippen LogP contribution is 2.42. The van der Waals surface area contributed by atoms with Crippen molar-refractivity contribution in [2.24, 2.45) is 0 Å². The highest BCUT2D eigenvalue weighted by molar-refractivity contribution is 7.99. The molecule has 2 unspecified atom stereocenters. The molecule has 8 nitrogen and oxygen atoms in total. The second kappa shape index (κ2) is 9.30. The molecule has 2 aliphatic rings. The predicted octanol–water partition coefficient (Wildman–Crippen LogP) is 5.25. The molecule has 0 aliphatic carbocycles. The number of carbonyl (C=O) groups is 1. The van der Waals surface area contributed by atoms with Crippen molar-refractivity contribution >= 4 is 23.2 Å². The topological polar surface area (TPSA) is 103 Å². The third kappa shape index (κ3) is 3.93. The number of aromatic nitrogens is 4. The van der Waals surface area contributed by atoms with Gasteiger partial charge >= 0.3 is 0 Å². The first-order valence-electron chi connectivity index (χ1n) is 12.5. The van der Waals surface area contributed by atoms with E-state index < -0.39 is 5.82 Å². The summed E-state index contributed by atoms with van der Waals surface area (Å²) < 4.78 is 17.5. The molecule has 4 aromatic rings. The van der Waals surface area contributed by atoms with Gasteiger partial charge in [0.15, 0.2) is 0 Å². The standard InChI is InChI=1S/C28H24FN7OS/c1-16-25(14-33-36(16)24-9-22-4-5-23(10-24)35(22)17(2)37)19-8-27(28-20(12-31)13-32-34(28)15-19)38-26-6-3-21(29)7-18(26)11-30/h3,6-8,13-15,22-24H,4-5,9-10H2,1-2H3. The van der Waals surface area contributed by atoms with Gasteiger partial charge in [-0.3, -0.25) is 9.48 Å². The molecule has 5 heterocycles. The Morgan fingerprint density at radius 2 is 1.76 bits per heavy atom. The van der Waals surface area contributed by atoms with Crippen molar-refractivity contribution in [1.29, 1.82) is 10.5 Å². The van der Waals surface area contributed by atoms with E-state index in [1.54, 1.807) is 17.5 Å². The molecule has 0 N–H and O–H groups in total. The highest BCUT2D eigenvalue weighted by Gasteiger charge is 2.43. The molecule has 190 valence electrons. The summed E-state index contributed by atoms with van der Waals surface area (Å²) >= 11 is 1.31. The molecular weight excluding hydrogens is 501 g/mol. The zero-order valence-corrected chi connectivity index (χ0v) is 21.7. The molecule has 38 heavy (non-hydrogen) atoms. The van der Waals surface area contributed by atoms with Crippen molar-refractivity contribution in [2.45, 2.75) is 67.4 Å². The number of nitriles is 2. The minimum Gasteiger partial charge on any atom is -0.337 e. The number of nitrogens with zero attached hydrogens (tertiary/aromatic N) is 7. The molecule has 0 spiro atoms.